The van der Waals surface area contributed by atoms with E-state index in [0.29, 0.717) is 5.71 Å². The number of pyridine rings is 1. The first-order valence-electron chi connectivity index (χ1n) is 19.9. The average Bonchev–Trinajstić information content (AvgIpc) is 3.85. The number of allylic oxidation sites excluding steroid dienone is 5. The number of para-hydroxylation sites is 2. The summed E-state index contributed by atoms with van der Waals surface area (Å²) in [5, 5.41) is 16.5. The predicted molar refractivity (Wildman–Crippen MR) is 246 cm³/mol. The largest absolute Gasteiger partial charge is 0.314 e. The second-order valence-electron chi connectivity index (χ2n) is 15.0. The monoisotopic (exact) mass is 742 g/mol. The van der Waals surface area contributed by atoms with Crippen molar-refractivity contribution >= 4 is 83.2 Å². The number of amidine groups is 1. The van der Waals surface area contributed by atoms with Gasteiger partial charge in [-0.25, -0.2) is 4.99 Å². The minimum absolute atomic E-state index is 0.210. The summed E-state index contributed by atoms with van der Waals surface area (Å²) in [5.74, 6) is 0.210. The molecule has 0 amide bonds. The number of rotatable bonds is 6. The van der Waals surface area contributed by atoms with Crippen LogP contribution in [0.5, 0.6) is 0 Å². The Labute approximate surface area is 336 Å². The fourth-order valence-electron chi connectivity index (χ4n) is 8.85. The SMILES string of the molecule is N=C(N=C(/C=C/n1c2ccccc2c2ccc3cc4c5ccccc5c5ccccc5n4c3c21)c1ccc(C2=CCCC=C2)cc1)c1ccc(-c2ccccc2)cc1. The molecule has 58 heavy (non-hydrogen) atoms. The number of nitrogens with zero attached hydrogens (tertiary/aromatic N) is 3. The van der Waals surface area contributed by atoms with Gasteiger partial charge in [-0.15, -0.1) is 0 Å². The first-order valence-corrected chi connectivity index (χ1v) is 19.9. The molecule has 0 unspecified atom stereocenters. The van der Waals surface area contributed by atoms with Gasteiger partial charge in [0, 0.05) is 44.3 Å². The van der Waals surface area contributed by atoms with Crippen molar-refractivity contribution in [2.45, 2.75) is 12.8 Å². The molecule has 4 nitrogen and oxygen atoms in total. The molecule has 0 saturated heterocycles. The van der Waals surface area contributed by atoms with Crippen LogP contribution in [-0.4, -0.2) is 20.5 Å². The van der Waals surface area contributed by atoms with Crippen LogP contribution in [0.2, 0.25) is 0 Å². The van der Waals surface area contributed by atoms with Gasteiger partial charge < -0.3 is 8.97 Å². The Morgan fingerprint density at radius 3 is 1.88 bits per heavy atom. The minimum atomic E-state index is 0.210. The lowest BCUT2D eigenvalue weighted by molar-refractivity contribution is 1.04. The van der Waals surface area contributed by atoms with Crippen LogP contribution in [0.15, 0.2) is 199 Å². The minimum Gasteiger partial charge on any atom is -0.314 e. The fourth-order valence-corrected chi connectivity index (χ4v) is 8.85. The third kappa shape index (κ3) is 5.61. The summed E-state index contributed by atoms with van der Waals surface area (Å²) < 4.78 is 4.78. The Morgan fingerprint density at radius 1 is 0.517 bits per heavy atom. The number of nitrogens with one attached hydrogen (secondary N) is 1. The lowest BCUT2D eigenvalue weighted by atomic mass is 9.97. The van der Waals surface area contributed by atoms with Gasteiger partial charge in [-0.3, -0.25) is 5.41 Å². The maximum atomic E-state index is 9.27. The molecule has 4 heteroatoms. The molecule has 3 aromatic heterocycles. The van der Waals surface area contributed by atoms with E-state index in [1.165, 1.54) is 60.0 Å². The molecule has 1 aliphatic carbocycles. The van der Waals surface area contributed by atoms with E-state index in [2.05, 4.69) is 179 Å². The van der Waals surface area contributed by atoms with Crippen molar-refractivity contribution in [1.29, 1.82) is 5.41 Å². The third-order valence-electron chi connectivity index (χ3n) is 11.7. The Kier molecular flexibility index (Phi) is 8.07. The van der Waals surface area contributed by atoms with Crippen LogP contribution in [0, 0.1) is 5.41 Å². The average molecular weight is 743 g/mol. The highest BCUT2D eigenvalue weighted by Gasteiger charge is 2.19. The van der Waals surface area contributed by atoms with E-state index < -0.39 is 0 Å². The van der Waals surface area contributed by atoms with Gasteiger partial charge in [0.2, 0.25) is 0 Å². The zero-order valence-corrected chi connectivity index (χ0v) is 31.8. The number of hydrogen-bond acceptors (Lipinski definition) is 1. The predicted octanol–water partition coefficient (Wildman–Crippen LogP) is 13.9. The highest BCUT2D eigenvalue weighted by Crippen LogP contribution is 2.40. The van der Waals surface area contributed by atoms with Crippen molar-refractivity contribution in [2.75, 3.05) is 0 Å². The van der Waals surface area contributed by atoms with Gasteiger partial charge in [0.15, 0.2) is 5.84 Å². The van der Waals surface area contributed by atoms with E-state index in [4.69, 9.17) is 4.99 Å². The second-order valence-corrected chi connectivity index (χ2v) is 15.0. The number of benzene rings is 7. The molecule has 3 heterocycles. The normalized spacial score (nSPS) is 13.5. The summed E-state index contributed by atoms with van der Waals surface area (Å²) in [6.45, 7) is 0. The van der Waals surface area contributed by atoms with Crippen LogP contribution in [0.25, 0.3) is 82.8 Å². The summed E-state index contributed by atoms with van der Waals surface area (Å²) in [5.41, 5.74) is 12.9. The van der Waals surface area contributed by atoms with Gasteiger partial charge in [0.25, 0.3) is 0 Å². The Hall–Kier alpha value is -7.56. The summed E-state index contributed by atoms with van der Waals surface area (Å²) in [6, 6.07) is 60.1. The molecular formula is C54H38N4. The van der Waals surface area contributed by atoms with Crippen molar-refractivity contribution in [3.8, 4) is 11.1 Å². The highest BCUT2D eigenvalue weighted by atomic mass is 15.0. The lowest BCUT2D eigenvalue weighted by Crippen LogP contribution is -2.05. The maximum absolute atomic E-state index is 9.27. The first kappa shape index (κ1) is 33.8. The number of fused-ring (bicyclic) bond motifs is 12. The van der Waals surface area contributed by atoms with Gasteiger partial charge in [-0.2, -0.15) is 0 Å². The highest BCUT2D eigenvalue weighted by molar-refractivity contribution is 6.23. The Balaban J connectivity index is 1.11. The smallest absolute Gasteiger partial charge is 0.152 e. The molecule has 0 aliphatic heterocycles. The number of aliphatic imine (C=N–C) groups is 1. The fraction of sp³-hybridized carbons (Fsp3) is 0.0370. The van der Waals surface area contributed by atoms with Crippen LogP contribution in [0.1, 0.15) is 29.5 Å². The summed E-state index contributed by atoms with van der Waals surface area (Å²) in [4.78, 5) is 5.06. The molecule has 10 aromatic rings. The van der Waals surface area contributed by atoms with E-state index in [1.54, 1.807) is 0 Å². The summed E-state index contributed by atoms with van der Waals surface area (Å²) in [6.07, 6.45) is 13.1. The maximum Gasteiger partial charge on any atom is 0.152 e. The molecule has 0 bridgehead atoms. The quantitative estimate of drug-likeness (QED) is 0.100. The molecule has 1 aliphatic rings. The standard InChI is InChI=1S/C54H38N4/c55-54(41-29-25-39(26-30-41)37-15-5-2-6-16-37)56-48(40-27-23-38(24-28-40)36-13-3-1-4-14-36)33-34-57-49-21-11-9-20-46(49)47-32-31-42-35-51-45-19-8-7-17-43(45)44-18-10-12-22-50(44)58(51)52(42)53(47)57/h2-3,5-35,55H,1,4H2/b34-33+,55-54?,56-48?. The van der Waals surface area contributed by atoms with E-state index in [0.717, 1.165) is 46.1 Å². The molecule has 0 fully saturated rings. The van der Waals surface area contributed by atoms with Crippen LogP contribution in [0.4, 0.5) is 0 Å². The zero-order chi connectivity index (χ0) is 38.6. The van der Waals surface area contributed by atoms with Crippen molar-refractivity contribution in [1.82, 2.24) is 8.97 Å². The van der Waals surface area contributed by atoms with Crippen LogP contribution in [0.3, 0.4) is 0 Å². The van der Waals surface area contributed by atoms with Crippen molar-refractivity contribution in [3.63, 3.8) is 0 Å². The van der Waals surface area contributed by atoms with Gasteiger partial charge in [0.1, 0.15) is 0 Å². The second kappa shape index (κ2) is 13.9. The van der Waals surface area contributed by atoms with Gasteiger partial charge in [0.05, 0.1) is 33.3 Å². The molecule has 274 valence electrons. The van der Waals surface area contributed by atoms with E-state index >= 15 is 0 Å². The molecule has 0 radical (unpaired) electrons. The van der Waals surface area contributed by atoms with Crippen LogP contribution in [-0.2, 0) is 0 Å². The van der Waals surface area contributed by atoms with Crippen LogP contribution < -0.4 is 0 Å². The number of aromatic nitrogens is 2. The van der Waals surface area contributed by atoms with Crippen molar-refractivity contribution in [2.24, 2.45) is 4.99 Å². The Bertz CT molecular complexity index is 3370. The van der Waals surface area contributed by atoms with E-state index in [-0.39, 0.29) is 5.84 Å². The van der Waals surface area contributed by atoms with E-state index in [1.807, 2.05) is 30.3 Å². The van der Waals surface area contributed by atoms with Crippen molar-refractivity contribution < 1.29 is 0 Å². The van der Waals surface area contributed by atoms with E-state index in [9.17, 15) is 5.41 Å². The molecule has 0 spiro atoms. The summed E-state index contributed by atoms with van der Waals surface area (Å²) in [7, 11) is 0. The summed E-state index contributed by atoms with van der Waals surface area (Å²) >= 11 is 0. The number of hydrogen-bond donors (Lipinski definition) is 1. The van der Waals surface area contributed by atoms with Crippen LogP contribution >= 0.6 is 0 Å². The third-order valence-corrected chi connectivity index (χ3v) is 11.7. The molecule has 0 atom stereocenters. The lowest BCUT2D eigenvalue weighted by Gasteiger charge is -2.11. The molecular weight excluding hydrogens is 705 g/mol. The Morgan fingerprint density at radius 2 is 1.14 bits per heavy atom. The zero-order valence-electron chi connectivity index (χ0n) is 31.8. The van der Waals surface area contributed by atoms with Gasteiger partial charge in [-0.05, 0) is 64.8 Å². The molecule has 1 N–H and O–H groups in total. The molecule has 11 rings (SSSR count). The first-order chi connectivity index (χ1) is 28.7. The topological polar surface area (TPSA) is 45.5 Å². The molecule has 7 aromatic carbocycles. The molecule has 0 saturated carbocycles. The van der Waals surface area contributed by atoms with Gasteiger partial charge >= 0.3 is 0 Å². The van der Waals surface area contributed by atoms with Crippen molar-refractivity contribution in [3.05, 3.63) is 211 Å². The van der Waals surface area contributed by atoms with Gasteiger partial charge in [-0.1, -0.05) is 170 Å².